The molecule has 2 aromatic rings. The van der Waals surface area contributed by atoms with Crippen LogP contribution in [0, 0.1) is 11.3 Å². The molecule has 22 heavy (non-hydrogen) atoms. The molecule has 0 amide bonds. The number of nitrogens with zero attached hydrogens (tertiary/aromatic N) is 4. The van der Waals surface area contributed by atoms with E-state index in [9.17, 15) is 5.26 Å². The number of hydrogen-bond donors (Lipinski definition) is 0. The molecule has 0 saturated carbocycles. The van der Waals surface area contributed by atoms with E-state index in [0.717, 1.165) is 23.7 Å². The van der Waals surface area contributed by atoms with E-state index in [1.165, 1.54) is 0 Å². The first-order chi connectivity index (χ1) is 10.4. The van der Waals surface area contributed by atoms with Gasteiger partial charge in [0.1, 0.15) is 12.4 Å². The van der Waals surface area contributed by atoms with E-state index < -0.39 is 5.41 Å². The average molecular weight is 298 g/mol. The molecule has 0 saturated heterocycles. The predicted molar refractivity (Wildman–Crippen MR) is 86.3 cm³/mol. The van der Waals surface area contributed by atoms with Crippen LogP contribution >= 0.6 is 0 Å². The Kier molecular flexibility index (Phi) is 4.84. The molecule has 1 heterocycles. The molecule has 0 radical (unpaired) electrons. The van der Waals surface area contributed by atoms with Gasteiger partial charge in [-0.15, -0.1) is 0 Å². The molecule has 5 heteroatoms. The molecule has 0 fully saturated rings. The lowest BCUT2D eigenvalue weighted by Crippen LogP contribution is -2.19. The van der Waals surface area contributed by atoms with Crippen LogP contribution in [-0.4, -0.2) is 41.9 Å². The van der Waals surface area contributed by atoms with Gasteiger partial charge >= 0.3 is 0 Å². The van der Waals surface area contributed by atoms with Gasteiger partial charge < -0.3 is 9.64 Å². The van der Waals surface area contributed by atoms with Gasteiger partial charge in [-0.2, -0.15) is 10.4 Å². The highest BCUT2D eigenvalue weighted by Gasteiger charge is 2.22. The van der Waals surface area contributed by atoms with Gasteiger partial charge in [0.05, 0.1) is 22.9 Å². The molecule has 5 nitrogen and oxygen atoms in total. The highest BCUT2D eigenvalue weighted by Crippen LogP contribution is 2.22. The number of benzene rings is 1. The van der Waals surface area contributed by atoms with Gasteiger partial charge in [0.25, 0.3) is 0 Å². The van der Waals surface area contributed by atoms with Crippen molar-refractivity contribution in [3.05, 3.63) is 42.2 Å². The first-order valence-corrected chi connectivity index (χ1v) is 7.28. The first kappa shape index (κ1) is 16.1. The van der Waals surface area contributed by atoms with E-state index >= 15 is 0 Å². The third-order valence-electron chi connectivity index (χ3n) is 3.40. The third-order valence-corrected chi connectivity index (χ3v) is 3.40. The summed E-state index contributed by atoms with van der Waals surface area (Å²) in [6.07, 6.45) is 1.87. The van der Waals surface area contributed by atoms with Crippen LogP contribution in [0.2, 0.25) is 0 Å². The molecule has 0 atom stereocenters. The molecule has 1 aromatic heterocycles. The molecule has 116 valence electrons. The Labute approximate surface area is 131 Å². The fourth-order valence-corrected chi connectivity index (χ4v) is 1.92. The minimum Gasteiger partial charge on any atom is -0.492 e. The lowest BCUT2D eigenvalue weighted by molar-refractivity contribution is 0.261. The summed E-state index contributed by atoms with van der Waals surface area (Å²) in [5.41, 5.74) is 1.08. The fraction of sp³-hybridized carbons (Fsp3) is 0.412. The maximum Gasteiger partial charge on any atom is 0.121 e. The number of nitriles is 1. The predicted octanol–water partition coefficient (Wildman–Crippen LogP) is 2.61. The molecule has 0 spiro atoms. The highest BCUT2D eigenvalue weighted by atomic mass is 16.5. The molecular weight excluding hydrogens is 276 g/mol. The van der Waals surface area contributed by atoms with E-state index in [2.05, 4.69) is 16.1 Å². The van der Waals surface area contributed by atoms with Gasteiger partial charge in [0, 0.05) is 18.8 Å². The van der Waals surface area contributed by atoms with Crippen molar-refractivity contribution in [2.75, 3.05) is 27.2 Å². The van der Waals surface area contributed by atoms with E-state index in [1.807, 2.05) is 64.5 Å². The SMILES string of the molecule is CN(C)CCOc1cccc(-n2ccc(C(C)(C)C#N)n2)c1. The normalized spacial score (nSPS) is 11.5. The van der Waals surface area contributed by atoms with Crippen LogP contribution in [0.1, 0.15) is 19.5 Å². The maximum atomic E-state index is 9.19. The van der Waals surface area contributed by atoms with Crippen LogP contribution in [0.25, 0.3) is 5.69 Å². The fourth-order valence-electron chi connectivity index (χ4n) is 1.92. The number of aromatic nitrogens is 2. The zero-order valence-electron chi connectivity index (χ0n) is 13.6. The summed E-state index contributed by atoms with van der Waals surface area (Å²) >= 11 is 0. The molecule has 2 rings (SSSR count). The van der Waals surface area contributed by atoms with Crippen LogP contribution in [0.3, 0.4) is 0 Å². The third kappa shape index (κ3) is 3.86. The van der Waals surface area contributed by atoms with Crippen LogP contribution < -0.4 is 4.74 Å². The van der Waals surface area contributed by atoms with Crippen molar-refractivity contribution < 1.29 is 4.74 Å². The van der Waals surface area contributed by atoms with Gasteiger partial charge in [-0.1, -0.05) is 6.07 Å². The van der Waals surface area contributed by atoms with Gasteiger partial charge in [0.15, 0.2) is 0 Å². The molecule has 0 bridgehead atoms. The van der Waals surface area contributed by atoms with Crippen molar-refractivity contribution in [2.45, 2.75) is 19.3 Å². The van der Waals surface area contributed by atoms with Crippen LogP contribution in [-0.2, 0) is 5.41 Å². The minimum absolute atomic E-state index is 0.592. The maximum absolute atomic E-state index is 9.19. The van der Waals surface area contributed by atoms with E-state index in [1.54, 1.807) is 4.68 Å². The van der Waals surface area contributed by atoms with E-state index in [-0.39, 0.29) is 0 Å². The summed E-state index contributed by atoms with van der Waals surface area (Å²) in [6, 6.07) is 11.9. The Morgan fingerprint density at radius 1 is 1.32 bits per heavy atom. The molecule has 0 N–H and O–H groups in total. The largest absolute Gasteiger partial charge is 0.492 e. The van der Waals surface area contributed by atoms with Crippen LogP contribution in [0.15, 0.2) is 36.5 Å². The van der Waals surface area contributed by atoms with E-state index in [0.29, 0.717) is 6.61 Å². The number of rotatable bonds is 6. The Morgan fingerprint density at radius 3 is 2.77 bits per heavy atom. The van der Waals surface area contributed by atoms with E-state index in [4.69, 9.17) is 4.74 Å². The quantitative estimate of drug-likeness (QED) is 0.822. The second-order valence-electron chi connectivity index (χ2n) is 6.03. The highest BCUT2D eigenvalue weighted by molar-refractivity contribution is 5.39. The van der Waals surface area contributed by atoms with Crippen molar-refractivity contribution >= 4 is 0 Å². The second kappa shape index (κ2) is 6.63. The van der Waals surface area contributed by atoms with Crippen molar-refractivity contribution in [2.24, 2.45) is 0 Å². The molecule has 0 unspecified atom stereocenters. The Morgan fingerprint density at radius 2 is 2.09 bits per heavy atom. The van der Waals surface area contributed by atoms with Gasteiger partial charge in [-0.05, 0) is 46.1 Å². The lowest BCUT2D eigenvalue weighted by atomic mass is 9.92. The van der Waals surface area contributed by atoms with Gasteiger partial charge in [-0.3, -0.25) is 0 Å². The Balaban J connectivity index is 2.15. The second-order valence-corrected chi connectivity index (χ2v) is 6.03. The van der Waals surface area contributed by atoms with Crippen LogP contribution in [0.5, 0.6) is 5.75 Å². The van der Waals surface area contributed by atoms with Gasteiger partial charge in [-0.25, -0.2) is 4.68 Å². The van der Waals surface area contributed by atoms with Crippen molar-refractivity contribution in [3.8, 4) is 17.5 Å². The smallest absolute Gasteiger partial charge is 0.121 e. The zero-order chi connectivity index (χ0) is 16.2. The topological polar surface area (TPSA) is 54.1 Å². The number of likely N-dealkylation sites (N-methyl/N-ethyl adjacent to an activating group) is 1. The molecule has 0 aliphatic heterocycles. The lowest BCUT2D eigenvalue weighted by Gasteiger charge is -2.12. The first-order valence-electron chi connectivity index (χ1n) is 7.28. The Hall–Kier alpha value is -2.32. The summed E-state index contributed by atoms with van der Waals surface area (Å²) in [6.45, 7) is 5.23. The number of ether oxygens (including phenoxy) is 1. The summed E-state index contributed by atoms with van der Waals surface area (Å²) in [4.78, 5) is 2.08. The van der Waals surface area contributed by atoms with Crippen molar-refractivity contribution in [3.63, 3.8) is 0 Å². The molecule has 1 aromatic carbocycles. The molecule has 0 aliphatic rings. The Bertz CT molecular complexity index is 667. The summed E-state index contributed by atoms with van der Waals surface area (Å²) in [7, 11) is 4.03. The summed E-state index contributed by atoms with van der Waals surface area (Å²) in [5.74, 6) is 0.816. The average Bonchev–Trinajstić information content (AvgIpc) is 2.98. The van der Waals surface area contributed by atoms with Crippen molar-refractivity contribution in [1.29, 1.82) is 5.26 Å². The standard InChI is InChI=1S/C17H22N4O/c1-17(2,13-18)16-8-9-21(19-16)14-6-5-7-15(12-14)22-11-10-20(3)4/h5-9,12H,10-11H2,1-4H3. The monoisotopic (exact) mass is 298 g/mol. The van der Waals surface area contributed by atoms with Crippen molar-refractivity contribution in [1.82, 2.24) is 14.7 Å². The minimum atomic E-state index is -0.592. The zero-order valence-corrected chi connectivity index (χ0v) is 13.6. The van der Waals surface area contributed by atoms with Gasteiger partial charge in [0.2, 0.25) is 0 Å². The van der Waals surface area contributed by atoms with Crippen LogP contribution in [0.4, 0.5) is 0 Å². The molecule has 0 aliphatic carbocycles. The summed E-state index contributed by atoms with van der Waals surface area (Å²) in [5, 5.41) is 13.7. The summed E-state index contributed by atoms with van der Waals surface area (Å²) < 4.78 is 7.51. The number of hydrogen-bond acceptors (Lipinski definition) is 4. The molecular formula is C17H22N4O.